The lowest BCUT2D eigenvalue weighted by molar-refractivity contribution is -0.384. The van der Waals surface area contributed by atoms with Gasteiger partial charge in [-0.05, 0) is 24.3 Å². The van der Waals surface area contributed by atoms with Gasteiger partial charge >= 0.3 is 0 Å². The number of para-hydroxylation sites is 1. The van der Waals surface area contributed by atoms with Gasteiger partial charge in [-0.3, -0.25) is 10.1 Å². The van der Waals surface area contributed by atoms with Crippen molar-refractivity contribution in [3.8, 4) is 11.5 Å². The first kappa shape index (κ1) is 15.6. The molecule has 2 aromatic carbocycles. The highest BCUT2D eigenvalue weighted by Crippen LogP contribution is 2.23. The number of non-ortho nitro benzene ring substituents is 1. The van der Waals surface area contributed by atoms with Gasteiger partial charge in [0, 0.05) is 24.7 Å². The third kappa shape index (κ3) is 3.22. The Morgan fingerprint density at radius 2 is 1.88 bits per heavy atom. The Morgan fingerprint density at radius 1 is 1.17 bits per heavy atom. The Kier molecular flexibility index (Phi) is 4.19. The van der Waals surface area contributed by atoms with Crippen LogP contribution in [0.25, 0.3) is 11.5 Å². The van der Waals surface area contributed by atoms with Crippen LogP contribution in [0.3, 0.4) is 0 Å². The number of aromatic nitrogens is 2. The van der Waals surface area contributed by atoms with E-state index in [1.807, 2.05) is 0 Å². The predicted octanol–water partition coefficient (Wildman–Crippen LogP) is 3.42. The van der Waals surface area contributed by atoms with Crippen molar-refractivity contribution in [1.82, 2.24) is 10.2 Å². The zero-order chi connectivity index (χ0) is 17.1. The van der Waals surface area contributed by atoms with Crippen LogP contribution in [0.5, 0.6) is 0 Å². The van der Waals surface area contributed by atoms with Gasteiger partial charge < -0.3 is 9.32 Å². The van der Waals surface area contributed by atoms with E-state index in [-0.39, 0.29) is 23.9 Å². The quantitative estimate of drug-likeness (QED) is 0.527. The Morgan fingerprint density at radius 3 is 2.54 bits per heavy atom. The van der Waals surface area contributed by atoms with Crippen LogP contribution in [0.4, 0.5) is 15.8 Å². The highest BCUT2D eigenvalue weighted by molar-refractivity contribution is 5.55. The van der Waals surface area contributed by atoms with E-state index in [1.165, 1.54) is 30.3 Å². The van der Waals surface area contributed by atoms with Crippen LogP contribution in [-0.4, -0.2) is 22.2 Å². The number of hydrogen-bond donors (Lipinski definition) is 0. The van der Waals surface area contributed by atoms with Crippen molar-refractivity contribution in [3.63, 3.8) is 0 Å². The maximum absolute atomic E-state index is 13.8. The fraction of sp³-hybridized carbons (Fsp3) is 0.125. The number of hydrogen-bond acceptors (Lipinski definition) is 6. The lowest BCUT2D eigenvalue weighted by Gasteiger charge is -2.17. The van der Waals surface area contributed by atoms with E-state index in [0.29, 0.717) is 17.1 Å². The molecule has 0 aliphatic carbocycles. The first-order valence-electron chi connectivity index (χ1n) is 7.07. The maximum atomic E-state index is 13.8. The van der Waals surface area contributed by atoms with Gasteiger partial charge in [-0.15, -0.1) is 10.2 Å². The first-order valence-corrected chi connectivity index (χ1v) is 7.07. The van der Waals surface area contributed by atoms with Gasteiger partial charge in [-0.2, -0.15) is 0 Å². The van der Waals surface area contributed by atoms with Crippen LogP contribution in [0, 0.1) is 15.9 Å². The second kappa shape index (κ2) is 6.45. The molecule has 8 heteroatoms. The average Bonchev–Trinajstić information content (AvgIpc) is 3.03. The molecular weight excluding hydrogens is 315 g/mol. The Hall–Kier alpha value is -3.29. The van der Waals surface area contributed by atoms with Gasteiger partial charge in [0.25, 0.3) is 5.69 Å². The summed E-state index contributed by atoms with van der Waals surface area (Å²) in [4.78, 5) is 11.8. The number of nitrogens with zero attached hydrogens (tertiary/aromatic N) is 4. The summed E-state index contributed by atoms with van der Waals surface area (Å²) in [6.45, 7) is 0.237. The van der Waals surface area contributed by atoms with Crippen molar-refractivity contribution >= 4 is 11.4 Å². The molecule has 122 valence electrons. The Bertz CT molecular complexity index is 864. The van der Waals surface area contributed by atoms with Crippen molar-refractivity contribution in [3.05, 3.63) is 70.4 Å². The second-order valence-electron chi connectivity index (χ2n) is 5.11. The summed E-state index contributed by atoms with van der Waals surface area (Å²) in [7, 11) is 1.72. The lowest BCUT2D eigenvalue weighted by Crippen LogP contribution is -2.17. The molecule has 1 heterocycles. The van der Waals surface area contributed by atoms with Crippen molar-refractivity contribution < 1.29 is 13.7 Å². The third-order valence-corrected chi connectivity index (χ3v) is 3.43. The van der Waals surface area contributed by atoms with Crippen molar-refractivity contribution in [2.45, 2.75) is 6.54 Å². The molecular formula is C16H13FN4O3. The molecule has 0 amide bonds. The number of nitro groups is 1. The molecule has 0 fully saturated rings. The molecule has 0 spiro atoms. The molecule has 0 atom stereocenters. The minimum Gasteiger partial charge on any atom is -0.419 e. The molecule has 0 N–H and O–H groups in total. The summed E-state index contributed by atoms with van der Waals surface area (Å²) < 4.78 is 19.3. The Balaban J connectivity index is 1.76. The van der Waals surface area contributed by atoms with Crippen LogP contribution in [0.1, 0.15) is 5.89 Å². The fourth-order valence-corrected chi connectivity index (χ4v) is 2.21. The predicted molar refractivity (Wildman–Crippen MR) is 84.9 cm³/mol. The average molecular weight is 328 g/mol. The van der Waals surface area contributed by atoms with Crippen molar-refractivity contribution in [2.24, 2.45) is 0 Å². The molecule has 3 rings (SSSR count). The minimum absolute atomic E-state index is 0.0159. The van der Waals surface area contributed by atoms with Crippen molar-refractivity contribution in [2.75, 3.05) is 11.9 Å². The van der Waals surface area contributed by atoms with Gasteiger partial charge in [0.05, 0.1) is 17.2 Å². The summed E-state index contributed by atoms with van der Waals surface area (Å²) >= 11 is 0. The number of rotatable bonds is 5. The smallest absolute Gasteiger partial charge is 0.269 e. The van der Waals surface area contributed by atoms with Crippen LogP contribution in [0.2, 0.25) is 0 Å². The number of nitro benzene ring substituents is 1. The largest absolute Gasteiger partial charge is 0.419 e. The van der Waals surface area contributed by atoms with Crippen LogP contribution in [-0.2, 0) is 6.54 Å². The summed E-state index contributed by atoms with van der Waals surface area (Å²) in [6, 6.07) is 12.2. The van der Waals surface area contributed by atoms with Gasteiger partial charge in [0.1, 0.15) is 5.82 Å². The molecule has 0 saturated carbocycles. The zero-order valence-electron chi connectivity index (χ0n) is 12.7. The monoisotopic (exact) mass is 328 g/mol. The molecule has 0 unspecified atom stereocenters. The van der Waals surface area contributed by atoms with Crippen LogP contribution >= 0.6 is 0 Å². The van der Waals surface area contributed by atoms with E-state index in [4.69, 9.17) is 4.42 Å². The lowest BCUT2D eigenvalue weighted by atomic mass is 10.2. The molecule has 0 aliphatic heterocycles. The topological polar surface area (TPSA) is 85.3 Å². The number of halogens is 1. The first-order chi connectivity index (χ1) is 11.5. The van der Waals surface area contributed by atoms with Gasteiger partial charge in [-0.25, -0.2) is 4.39 Å². The summed E-state index contributed by atoms with van der Waals surface area (Å²) in [5.41, 5.74) is 0.984. The molecule has 7 nitrogen and oxygen atoms in total. The third-order valence-electron chi connectivity index (χ3n) is 3.43. The number of anilines is 1. The molecule has 24 heavy (non-hydrogen) atoms. The second-order valence-corrected chi connectivity index (χ2v) is 5.11. The van der Waals surface area contributed by atoms with Crippen molar-refractivity contribution in [1.29, 1.82) is 0 Å². The molecule has 1 aromatic heterocycles. The van der Waals surface area contributed by atoms with E-state index in [1.54, 1.807) is 30.1 Å². The molecule has 0 bridgehead atoms. The minimum atomic E-state index is -0.480. The molecule has 0 saturated heterocycles. The van der Waals surface area contributed by atoms with Gasteiger partial charge in [0.2, 0.25) is 11.8 Å². The molecule has 0 aliphatic rings. The number of benzene rings is 2. The summed E-state index contributed by atoms with van der Waals surface area (Å²) in [6.07, 6.45) is 0. The van der Waals surface area contributed by atoms with Gasteiger partial charge in [0.15, 0.2) is 0 Å². The maximum Gasteiger partial charge on any atom is 0.269 e. The Labute approximate surface area is 136 Å². The van der Waals surface area contributed by atoms with E-state index in [2.05, 4.69) is 10.2 Å². The fourth-order valence-electron chi connectivity index (χ4n) is 2.21. The zero-order valence-corrected chi connectivity index (χ0v) is 12.7. The van der Waals surface area contributed by atoms with Crippen LogP contribution in [0.15, 0.2) is 52.9 Å². The standard InChI is InChI=1S/C16H13FN4O3/c1-20(14-5-3-2-4-13(14)17)10-15-18-19-16(24-15)11-6-8-12(9-7-11)21(22)23/h2-9H,10H2,1H3. The van der Waals surface area contributed by atoms with E-state index in [0.717, 1.165) is 0 Å². The van der Waals surface area contributed by atoms with Gasteiger partial charge in [-0.1, -0.05) is 12.1 Å². The highest BCUT2D eigenvalue weighted by atomic mass is 19.1. The molecule has 3 aromatic rings. The summed E-state index contributed by atoms with van der Waals surface area (Å²) in [5, 5.41) is 18.5. The molecule has 0 radical (unpaired) electrons. The highest BCUT2D eigenvalue weighted by Gasteiger charge is 2.14. The SMILES string of the molecule is CN(Cc1nnc(-c2ccc([N+](=O)[O-])cc2)o1)c1ccccc1F. The normalized spacial score (nSPS) is 10.6. The van der Waals surface area contributed by atoms with E-state index < -0.39 is 4.92 Å². The van der Waals surface area contributed by atoms with E-state index in [9.17, 15) is 14.5 Å². The van der Waals surface area contributed by atoms with Crippen LogP contribution < -0.4 is 4.90 Å². The summed E-state index contributed by atoms with van der Waals surface area (Å²) in [5.74, 6) is 0.228. The van der Waals surface area contributed by atoms with E-state index >= 15 is 0 Å².